The van der Waals surface area contributed by atoms with Gasteiger partial charge >= 0.3 is 0 Å². The van der Waals surface area contributed by atoms with E-state index < -0.39 is 11.7 Å². The van der Waals surface area contributed by atoms with Gasteiger partial charge in [0.05, 0.1) is 11.7 Å². The number of rotatable bonds is 3. The number of hydrogen-bond acceptors (Lipinski definition) is 2. The molecule has 1 saturated carbocycles. The lowest BCUT2D eigenvalue weighted by atomic mass is 9.85. The standard InChI is InChI=1S/C15H21FO2/c16-13-7-5-12(6-8-13)11-14(17)15(18)9-3-1-2-4-10-15/h5-8,14,17-18H,1-4,9-11H2. The van der Waals surface area contributed by atoms with Gasteiger partial charge in [0.15, 0.2) is 0 Å². The summed E-state index contributed by atoms with van der Waals surface area (Å²) < 4.78 is 12.8. The van der Waals surface area contributed by atoms with Gasteiger partial charge in [0.1, 0.15) is 5.82 Å². The summed E-state index contributed by atoms with van der Waals surface area (Å²) in [6.07, 6.45) is 5.15. The van der Waals surface area contributed by atoms with E-state index in [1.807, 2.05) is 0 Å². The summed E-state index contributed by atoms with van der Waals surface area (Å²) in [6.45, 7) is 0. The predicted octanol–water partition coefficient (Wildman–Crippen LogP) is 2.81. The van der Waals surface area contributed by atoms with Crippen molar-refractivity contribution in [3.05, 3.63) is 35.6 Å². The smallest absolute Gasteiger partial charge is 0.123 e. The molecule has 0 radical (unpaired) electrons. The van der Waals surface area contributed by atoms with Crippen LogP contribution in [-0.2, 0) is 6.42 Å². The fourth-order valence-electron chi connectivity index (χ4n) is 2.71. The van der Waals surface area contributed by atoms with Gasteiger partial charge in [-0.3, -0.25) is 0 Å². The van der Waals surface area contributed by atoms with Crippen molar-refractivity contribution < 1.29 is 14.6 Å². The minimum absolute atomic E-state index is 0.276. The fourth-order valence-corrected chi connectivity index (χ4v) is 2.71. The molecule has 2 nitrogen and oxygen atoms in total. The highest BCUT2D eigenvalue weighted by molar-refractivity contribution is 5.17. The Morgan fingerprint density at radius 1 is 1.06 bits per heavy atom. The van der Waals surface area contributed by atoms with Crippen LogP contribution in [-0.4, -0.2) is 21.9 Å². The Morgan fingerprint density at radius 2 is 1.61 bits per heavy atom. The van der Waals surface area contributed by atoms with Crippen LogP contribution in [0.15, 0.2) is 24.3 Å². The summed E-state index contributed by atoms with van der Waals surface area (Å²) in [5, 5.41) is 20.7. The normalized spacial score (nSPS) is 21.3. The van der Waals surface area contributed by atoms with E-state index in [-0.39, 0.29) is 5.82 Å². The van der Waals surface area contributed by atoms with Crippen molar-refractivity contribution in [1.29, 1.82) is 0 Å². The Labute approximate surface area is 107 Å². The summed E-state index contributed by atoms with van der Waals surface area (Å²) in [5.41, 5.74) is -0.105. The van der Waals surface area contributed by atoms with Crippen LogP contribution in [0.3, 0.4) is 0 Å². The molecule has 0 spiro atoms. The maximum absolute atomic E-state index is 12.8. The average Bonchev–Trinajstić information content (AvgIpc) is 2.58. The van der Waals surface area contributed by atoms with E-state index in [1.54, 1.807) is 12.1 Å². The lowest BCUT2D eigenvalue weighted by Gasteiger charge is -2.32. The van der Waals surface area contributed by atoms with Gasteiger partial charge in [0, 0.05) is 6.42 Å². The van der Waals surface area contributed by atoms with Gasteiger partial charge in [-0.05, 0) is 30.5 Å². The molecule has 1 unspecified atom stereocenters. The lowest BCUT2D eigenvalue weighted by Crippen LogP contribution is -2.43. The molecule has 1 atom stereocenters. The Bertz CT molecular complexity index is 367. The Morgan fingerprint density at radius 3 is 2.17 bits per heavy atom. The van der Waals surface area contributed by atoms with Crippen LogP contribution in [0.4, 0.5) is 4.39 Å². The highest BCUT2D eigenvalue weighted by Crippen LogP contribution is 2.31. The molecule has 1 aromatic carbocycles. The highest BCUT2D eigenvalue weighted by Gasteiger charge is 2.35. The van der Waals surface area contributed by atoms with Crippen molar-refractivity contribution in [3.8, 4) is 0 Å². The molecule has 1 aliphatic carbocycles. The molecule has 1 aliphatic rings. The molecule has 0 heterocycles. The molecule has 18 heavy (non-hydrogen) atoms. The summed E-state index contributed by atoms with van der Waals surface area (Å²) in [6, 6.07) is 6.11. The minimum Gasteiger partial charge on any atom is -0.390 e. The van der Waals surface area contributed by atoms with Crippen LogP contribution >= 0.6 is 0 Å². The van der Waals surface area contributed by atoms with E-state index in [4.69, 9.17) is 0 Å². The van der Waals surface area contributed by atoms with Gasteiger partial charge in [-0.15, -0.1) is 0 Å². The quantitative estimate of drug-likeness (QED) is 0.812. The van der Waals surface area contributed by atoms with Gasteiger partial charge in [0.2, 0.25) is 0 Å². The third-order valence-corrected chi connectivity index (χ3v) is 3.93. The van der Waals surface area contributed by atoms with Gasteiger partial charge in [-0.1, -0.05) is 37.8 Å². The van der Waals surface area contributed by atoms with E-state index >= 15 is 0 Å². The lowest BCUT2D eigenvalue weighted by molar-refractivity contribution is -0.0836. The second-order valence-corrected chi connectivity index (χ2v) is 5.36. The van der Waals surface area contributed by atoms with E-state index in [0.29, 0.717) is 19.3 Å². The predicted molar refractivity (Wildman–Crippen MR) is 68.8 cm³/mol. The van der Waals surface area contributed by atoms with Crippen LogP contribution < -0.4 is 0 Å². The van der Waals surface area contributed by atoms with E-state index in [0.717, 1.165) is 31.2 Å². The fraction of sp³-hybridized carbons (Fsp3) is 0.600. The molecule has 2 rings (SSSR count). The summed E-state index contributed by atoms with van der Waals surface area (Å²) in [5.74, 6) is -0.276. The third kappa shape index (κ3) is 3.30. The van der Waals surface area contributed by atoms with E-state index in [9.17, 15) is 14.6 Å². The molecule has 1 aromatic rings. The monoisotopic (exact) mass is 252 g/mol. The van der Waals surface area contributed by atoms with Crippen molar-refractivity contribution in [3.63, 3.8) is 0 Å². The molecule has 0 saturated heterocycles. The van der Waals surface area contributed by atoms with Crippen LogP contribution in [0.1, 0.15) is 44.1 Å². The van der Waals surface area contributed by atoms with Crippen molar-refractivity contribution in [2.45, 2.75) is 56.7 Å². The van der Waals surface area contributed by atoms with Crippen molar-refractivity contribution in [2.75, 3.05) is 0 Å². The number of hydrogen-bond donors (Lipinski definition) is 2. The SMILES string of the molecule is OC(Cc1ccc(F)cc1)C1(O)CCCCCC1. The maximum Gasteiger partial charge on any atom is 0.123 e. The first-order chi connectivity index (χ1) is 8.60. The van der Waals surface area contributed by atoms with Gasteiger partial charge in [0.25, 0.3) is 0 Å². The first-order valence-electron chi connectivity index (χ1n) is 6.75. The zero-order chi connectivity index (χ0) is 13.0. The number of halogens is 1. The summed E-state index contributed by atoms with van der Waals surface area (Å²) in [7, 11) is 0. The molecule has 0 bridgehead atoms. The molecular formula is C15H21FO2. The van der Waals surface area contributed by atoms with Crippen LogP contribution in [0, 0.1) is 5.82 Å². The molecule has 2 N–H and O–H groups in total. The highest BCUT2D eigenvalue weighted by atomic mass is 19.1. The Hall–Kier alpha value is -0.930. The zero-order valence-corrected chi connectivity index (χ0v) is 10.6. The molecule has 100 valence electrons. The largest absolute Gasteiger partial charge is 0.390 e. The molecular weight excluding hydrogens is 231 g/mol. The molecule has 1 fully saturated rings. The third-order valence-electron chi connectivity index (χ3n) is 3.93. The zero-order valence-electron chi connectivity index (χ0n) is 10.6. The topological polar surface area (TPSA) is 40.5 Å². The molecule has 0 aliphatic heterocycles. The second kappa shape index (κ2) is 5.81. The van der Waals surface area contributed by atoms with Crippen LogP contribution in [0.25, 0.3) is 0 Å². The van der Waals surface area contributed by atoms with Crippen molar-refractivity contribution >= 4 is 0 Å². The van der Waals surface area contributed by atoms with Crippen molar-refractivity contribution in [2.24, 2.45) is 0 Å². The van der Waals surface area contributed by atoms with Gasteiger partial charge in [-0.25, -0.2) is 4.39 Å². The van der Waals surface area contributed by atoms with Crippen LogP contribution in [0.2, 0.25) is 0 Å². The molecule has 0 aromatic heterocycles. The summed E-state index contributed by atoms with van der Waals surface area (Å²) in [4.78, 5) is 0. The van der Waals surface area contributed by atoms with E-state index in [2.05, 4.69) is 0 Å². The Kier molecular flexibility index (Phi) is 4.36. The number of aliphatic hydroxyl groups excluding tert-OH is 1. The van der Waals surface area contributed by atoms with Crippen molar-refractivity contribution in [1.82, 2.24) is 0 Å². The summed E-state index contributed by atoms with van der Waals surface area (Å²) >= 11 is 0. The van der Waals surface area contributed by atoms with Gasteiger partial charge in [-0.2, -0.15) is 0 Å². The number of aliphatic hydroxyl groups is 2. The molecule has 3 heteroatoms. The first-order valence-corrected chi connectivity index (χ1v) is 6.75. The van der Waals surface area contributed by atoms with Gasteiger partial charge < -0.3 is 10.2 Å². The second-order valence-electron chi connectivity index (χ2n) is 5.36. The average molecular weight is 252 g/mol. The first kappa shape index (κ1) is 13.5. The van der Waals surface area contributed by atoms with E-state index in [1.165, 1.54) is 12.1 Å². The minimum atomic E-state index is -0.967. The van der Waals surface area contributed by atoms with Crippen LogP contribution in [0.5, 0.6) is 0 Å². The molecule has 0 amide bonds. The Balaban J connectivity index is 2.01. The number of benzene rings is 1. The maximum atomic E-state index is 12.8.